The number of aromatic amines is 1. The number of hydrogen-bond acceptors (Lipinski definition) is 4. The zero-order chi connectivity index (χ0) is 16.1. The second-order valence-electron chi connectivity index (χ2n) is 4.86. The van der Waals surface area contributed by atoms with Crippen LogP contribution in [0.15, 0.2) is 60.7 Å². The first-order valence-corrected chi connectivity index (χ1v) is 7.11. The van der Waals surface area contributed by atoms with E-state index >= 15 is 0 Å². The lowest BCUT2D eigenvalue weighted by Crippen LogP contribution is -2.34. The summed E-state index contributed by atoms with van der Waals surface area (Å²) in [6.45, 7) is -0.185. The maximum Gasteiger partial charge on any atom is 0.271 e. The van der Waals surface area contributed by atoms with Gasteiger partial charge in [0.25, 0.3) is 5.91 Å². The summed E-state index contributed by atoms with van der Waals surface area (Å²) in [4.78, 5) is 11.4. The monoisotopic (exact) mass is 308 g/mol. The molecular formula is C17H16N4O2. The van der Waals surface area contributed by atoms with E-state index in [0.717, 1.165) is 11.1 Å². The second-order valence-corrected chi connectivity index (χ2v) is 4.86. The Kier molecular flexibility index (Phi) is 4.35. The summed E-state index contributed by atoms with van der Waals surface area (Å²) in [5.74, 6) is 5.21. The molecule has 0 saturated heterocycles. The number of rotatable bonds is 5. The predicted molar refractivity (Wildman–Crippen MR) is 87.3 cm³/mol. The Morgan fingerprint density at radius 3 is 2.26 bits per heavy atom. The van der Waals surface area contributed by atoms with Crippen molar-refractivity contribution in [1.29, 1.82) is 0 Å². The lowest BCUT2D eigenvalue weighted by molar-refractivity contribution is -0.123. The molecule has 0 radical (unpaired) electrons. The zero-order valence-corrected chi connectivity index (χ0v) is 12.3. The summed E-state index contributed by atoms with van der Waals surface area (Å²) in [6, 6.07) is 19.3. The minimum atomic E-state index is -0.413. The molecule has 0 fully saturated rings. The van der Waals surface area contributed by atoms with Gasteiger partial charge in [-0.15, -0.1) is 0 Å². The van der Waals surface area contributed by atoms with Crippen molar-refractivity contribution < 1.29 is 9.53 Å². The molecule has 1 heterocycles. The summed E-state index contributed by atoms with van der Waals surface area (Å²) < 4.78 is 5.68. The Labute approximate surface area is 133 Å². The van der Waals surface area contributed by atoms with Gasteiger partial charge in [0.2, 0.25) is 0 Å². The molecule has 6 heteroatoms. The largest absolute Gasteiger partial charge is 0.479 e. The van der Waals surface area contributed by atoms with Gasteiger partial charge < -0.3 is 4.74 Å². The molecule has 6 nitrogen and oxygen atoms in total. The highest BCUT2D eigenvalue weighted by atomic mass is 16.5. The molecule has 3 aromatic rings. The van der Waals surface area contributed by atoms with Gasteiger partial charge in [-0.3, -0.25) is 15.3 Å². The first-order chi connectivity index (χ1) is 11.3. The Hall–Kier alpha value is -3.12. The van der Waals surface area contributed by atoms with Crippen LogP contribution in [-0.2, 0) is 4.79 Å². The third-order valence-corrected chi connectivity index (χ3v) is 3.34. The minimum Gasteiger partial charge on any atom is -0.479 e. The first-order valence-electron chi connectivity index (χ1n) is 7.11. The van der Waals surface area contributed by atoms with E-state index < -0.39 is 5.91 Å². The summed E-state index contributed by atoms with van der Waals surface area (Å²) in [6.07, 6.45) is 0. The average molecular weight is 308 g/mol. The van der Waals surface area contributed by atoms with Crippen molar-refractivity contribution in [1.82, 2.24) is 15.6 Å². The lowest BCUT2D eigenvalue weighted by Gasteiger charge is -2.08. The highest BCUT2D eigenvalue weighted by Crippen LogP contribution is 2.36. The van der Waals surface area contributed by atoms with Crippen LogP contribution in [0.2, 0.25) is 0 Å². The lowest BCUT2D eigenvalue weighted by atomic mass is 10.1. The fourth-order valence-corrected chi connectivity index (χ4v) is 2.24. The molecule has 3 rings (SSSR count). The van der Waals surface area contributed by atoms with Gasteiger partial charge in [-0.25, -0.2) is 5.84 Å². The molecule has 1 aromatic heterocycles. The van der Waals surface area contributed by atoms with E-state index in [1.807, 2.05) is 60.7 Å². The van der Waals surface area contributed by atoms with Gasteiger partial charge in [-0.1, -0.05) is 60.7 Å². The molecule has 0 aliphatic carbocycles. The summed E-state index contributed by atoms with van der Waals surface area (Å²) >= 11 is 0. The standard InChI is InChI=1S/C17H16N4O2/c18-19-14(22)11-23-17-15(12-7-3-1-4-8-12)20-21-16(17)13-9-5-2-6-10-13/h1-10H,11,18H2,(H,19,22)(H,20,21). The number of hydrazine groups is 1. The molecule has 23 heavy (non-hydrogen) atoms. The molecule has 0 bridgehead atoms. The summed E-state index contributed by atoms with van der Waals surface area (Å²) in [5.41, 5.74) is 5.23. The SMILES string of the molecule is NNC(=O)COc1c(-c2ccccc2)n[nH]c1-c1ccccc1. The van der Waals surface area contributed by atoms with Gasteiger partial charge in [-0.05, 0) is 0 Å². The highest BCUT2D eigenvalue weighted by molar-refractivity contribution is 5.80. The number of nitrogens with two attached hydrogens (primary N) is 1. The van der Waals surface area contributed by atoms with Crippen LogP contribution >= 0.6 is 0 Å². The molecule has 4 N–H and O–H groups in total. The van der Waals surface area contributed by atoms with Gasteiger partial charge in [0.15, 0.2) is 12.4 Å². The number of carbonyl (C=O) groups is 1. The number of ether oxygens (including phenoxy) is 1. The Bertz CT molecular complexity index is 728. The normalized spacial score (nSPS) is 10.3. The fraction of sp³-hybridized carbons (Fsp3) is 0.0588. The quantitative estimate of drug-likeness (QED) is 0.382. The van der Waals surface area contributed by atoms with E-state index in [1.165, 1.54) is 0 Å². The number of aromatic nitrogens is 2. The van der Waals surface area contributed by atoms with Crippen LogP contribution in [0.1, 0.15) is 0 Å². The summed E-state index contributed by atoms with van der Waals surface area (Å²) in [7, 11) is 0. The van der Waals surface area contributed by atoms with E-state index in [4.69, 9.17) is 10.6 Å². The van der Waals surface area contributed by atoms with Crippen molar-refractivity contribution >= 4 is 5.91 Å². The predicted octanol–water partition coefficient (Wildman–Crippen LogP) is 2.11. The molecule has 1 amide bonds. The van der Waals surface area contributed by atoms with Gasteiger partial charge in [0.05, 0.1) is 0 Å². The van der Waals surface area contributed by atoms with Crippen molar-refractivity contribution in [2.24, 2.45) is 5.84 Å². The fourth-order valence-electron chi connectivity index (χ4n) is 2.24. The molecule has 0 atom stereocenters. The van der Waals surface area contributed by atoms with Crippen LogP contribution in [0.3, 0.4) is 0 Å². The summed E-state index contributed by atoms with van der Waals surface area (Å²) in [5, 5.41) is 7.35. The van der Waals surface area contributed by atoms with Crippen LogP contribution in [0.4, 0.5) is 0 Å². The number of nitrogens with zero attached hydrogens (tertiary/aromatic N) is 1. The topological polar surface area (TPSA) is 93.0 Å². The van der Waals surface area contributed by atoms with Gasteiger partial charge in [0.1, 0.15) is 11.4 Å². The van der Waals surface area contributed by atoms with Gasteiger partial charge >= 0.3 is 0 Å². The highest BCUT2D eigenvalue weighted by Gasteiger charge is 2.18. The first kappa shape index (κ1) is 14.8. The number of nitrogens with one attached hydrogen (secondary N) is 2. The third-order valence-electron chi connectivity index (χ3n) is 3.34. The van der Waals surface area contributed by atoms with Gasteiger partial charge in [-0.2, -0.15) is 5.10 Å². The van der Waals surface area contributed by atoms with Crippen molar-refractivity contribution in [2.75, 3.05) is 6.61 Å². The van der Waals surface area contributed by atoms with E-state index in [9.17, 15) is 4.79 Å². The van der Waals surface area contributed by atoms with Crippen LogP contribution in [-0.4, -0.2) is 22.7 Å². The minimum absolute atomic E-state index is 0.185. The number of H-pyrrole nitrogens is 1. The second kappa shape index (κ2) is 6.76. The number of carbonyl (C=O) groups excluding carboxylic acids is 1. The Morgan fingerprint density at radius 1 is 1.04 bits per heavy atom. The molecule has 0 spiro atoms. The third kappa shape index (κ3) is 3.22. The smallest absolute Gasteiger partial charge is 0.271 e. The van der Waals surface area contributed by atoms with Crippen molar-refractivity contribution in [2.45, 2.75) is 0 Å². The number of hydrogen-bond donors (Lipinski definition) is 3. The molecular weight excluding hydrogens is 292 g/mol. The van der Waals surface area contributed by atoms with Gasteiger partial charge in [0, 0.05) is 11.1 Å². The maximum atomic E-state index is 11.4. The van der Waals surface area contributed by atoms with Crippen LogP contribution < -0.4 is 16.0 Å². The molecule has 0 unspecified atom stereocenters. The number of amides is 1. The maximum absolute atomic E-state index is 11.4. The Balaban J connectivity index is 2.03. The zero-order valence-electron chi connectivity index (χ0n) is 12.3. The van der Waals surface area contributed by atoms with E-state index in [1.54, 1.807) is 0 Å². The molecule has 2 aromatic carbocycles. The molecule has 0 saturated carbocycles. The molecule has 116 valence electrons. The average Bonchev–Trinajstić information content (AvgIpc) is 3.05. The van der Waals surface area contributed by atoms with Crippen LogP contribution in [0.25, 0.3) is 22.5 Å². The molecule has 0 aliphatic heterocycles. The van der Waals surface area contributed by atoms with E-state index in [2.05, 4.69) is 15.6 Å². The van der Waals surface area contributed by atoms with Crippen LogP contribution in [0, 0.1) is 0 Å². The number of benzene rings is 2. The van der Waals surface area contributed by atoms with E-state index in [-0.39, 0.29) is 6.61 Å². The van der Waals surface area contributed by atoms with E-state index in [0.29, 0.717) is 17.1 Å². The Morgan fingerprint density at radius 2 is 1.65 bits per heavy atom. The van der Waals surface area contributed by atoms with Crippen LogP contribution in [0.5, 0.6) is 5.75 Å². The van der Waals surface area contributed by atoms with Crippen molar-refractivity contribution in [3.8, 4) is 28.3 Å². The van der Waals surface area contributed by atoms with Crippen molar-refractivity contribution in [3.05, 3.63) is 60.7 Å². The van der Waals surface area contributed by atoms with Crippen molar-refractivity contribution in [3.63, 3.8) is 0 Å². The molecule has 0 aliphatic rings.